The monoisotopic (exact) mass is 233 g/mol. The quantitative estimate of drug-likeness (QED) is 0.632. The van der Waals surface area contributed by atoms with Crippen molar-refractivity contribution in [3.63, 3.8) is 0 Å². The molecule has 0 spiro atoms. The molecule has 4 saturated heterocycles. The van der Waals surface area contributed by atoms with Crippen LogP contribution in [-0.4, -0.2) is 48.1 Å². The number of hydrogen-bond donors (Lipinski definition) is 0. The van der Waals surface area contributed by atoms with Gasteiger partial charge in [-0.1, -0.05) is 6.42 Å². The molecule has 4 aliphatic rings. The maximum Gasteiger partial charge on any atom is 0.0167 e. The first-order valence-corrected chi connectivity index (χ1v) is 7.73. The second-order valence-corrected chi connectivity index (χ2v) is 6.68. The van der Waals surface area contributed by atoms with E-state index in [4.69, 9.17) is 0 Å². The molecule has 0 unspecified atom stereocenters. The Hall–Kier alpha value is -0.0800. The highest BCUT2D eigenvalue weighted by Crippen LogP contribution is 2.42. The van der Waals surface area contributed by atoms with Crippen LogP contribution in [0.1, 0.15) is 38.5 Å². The van der Waals surface area contributed by atoms with Gasteiger partial charge in [-0.2, -0.15) is 0 Å². The summed E-state index contributed by atoms with van der Waals surface area (Å²) in [6.45, 7) is 5.57. The first-order chi connectivity index (χ1) is 8.42. The number of rotatable bonds is 0. The lowest BCUT2D eigenvalue weighted by molar-refractivity contribution is -0.0590. The second kappa shape index (κ2) is 4.24. The Morgan fingerprint density at radius 2 is 1.76 bits per heavy atom. The van der Waals surface area contributed by atoms with Crippen LogP contribution in [0.2, 0.25) is 0 Å². The molecule has 2 heteroatoms. The first kappa shape index (κ1) is 10.8. The lowest BCUT2D eigenvalue weighted by Crippen LogP contribution is -2.63. The molecule has 2 nitrogen and oxygen atoms in total. The Morgan fingerprint density at radius 3 is 2.76 bits per heavy atom. The van der Waals surface area contributed by atoms with Gasteiger partial charge in [0, 0.05) is 25.2 Å². The molecule has 1 radical (unpaired) electrons. The van der Waals surface area contributed by atoms with Gasteiger partial charge in [-0.3, -0.25) is 9.80 Å². The lowest BCUT2D eigenvalue weighted by atomic mass is 9.71. The summed E-state index contributed by atoms with van der Waals surface area (Å²) < 4.78 is 0. The van der Waals surface area contributed by atoms with Crippen LogP contribution >= 0.6 is 0 Å². The fraction of sp³-hybridized carbons (Fsp3) is 0.933. The number of piperidine rings is 4. The molecule has 4 rings (SSSR count). The van der Waals surface area contributed by atoms with Gasteiger partial charge in [-0.05, 0) is 63.5 Å². The fourth-order valence-electron chi connectivity index (χ4n) is 5.03. The molecule has 4 aliphatic heterocycles. The van der Waals surface area contributed by atoms with Crippen LogP contribution < -0.4 is 0 Å². The highest BCUT2D eigenvalue weighted by Gasteiger charge is 2.46. The molecule has 0 aromatic heterocycles. The highest BCUT2D eigenvalue weighted by atomic mass is 15.3. The van der Waals surface area contributed by atoms with E-state index in [0.29, 0.717) is 0 Å². The fourth-order valence-corrected chi connectivity index (χ4v) is 5.03. The summed E-state index contributed by atoms with van der Waals surface area (Å²) >= 11 is 0. The van der Waals surface area contributed by atoms with Crippen LogP contribution in [0.4, 0.5) is 0 Å². The van der Waals surface area contributed by atoms with Crippen LogP contribution in [-0.2, 0) is 0 Å². The van der Waals surface area contributed by atoms with E-state index in [1.165, 1.54) is 64.7 Å². The van der Waals surface area contributed by atoms with Crippen molar-refractivity contribution >= 4 is 0 Å². The van der Waals surface area contributed by atoms with Crippen molar-refractivity contribution in [2.24, 2.45) is 11.8 Å². The van der Waals surface area contributed by atoms with E-state index in [9.17, 15) is 0 Å². The molecule has 0 N–H and O–H groups in total. The van der Waals surface area contributed by atoms with Gasteiger partial charge in [0.1, 0.15) is 0 Å². The Bertz CT molecular complexity index is 263. The predicted octanol–water partition coefficient (Wildman–Crippen LogP) is 2.16. The molecule has 0 amide bonds. The van der Waals surface area contributed by atoms with Crippen LogP contribution in [0.25, 0.3) is 0 Å². The molecule has 4 fully saturated rings. The van der Waals surface area contributed by atoms with Crippen molar-refractivity contribution in [3.05, 3.63) is 6.42 Å². The average Bonchev–Trinajstić information content (AvgIpc) is 2.39. The van der Waals surface area contributed by atoms with Gasteiger partial charge in [0.25, 0.3) is 0 Å². The molecule has 0 aliphatic carbocycles. The predicted molar refractivity (Wildman–Crippen MR) is 69.7 cm³/mol. The molecule has 17 heavy (non-hydrogen) atoms. The van der Waals surface area contributed by atoms with Crippen LogP contribution in [0, 0.1) is 18.3 Å². The van der Waals surface area contributed by atoms with Gasteiger partial charge in [-0.15, -0.1) is 0 Å². The third-order valence-electron chi connectivity index (χ3n) is 5.71. The first-order valence-electron chi connectivity index (χ1n) is 7.73. The van der Waals surface area contributed by atoms with Crippen LogP contribution in [0.15, 0.2) is 0 Å². The summed E-state index contributed by atoms with van der Waals surface area (Å²) in [5.41, 5.74) is 0. The van der Waals surface area contributed by atoms with Gasteiger partial charge in [0.05, 0.1) is 0 Å². The molecule has 0 aromatic rings. The molecule has 4 heterocycles. The van der Waals surface area contributed by atoms with Crippen molar-refractivity contribution < 1.29 is 0 Å². The Morgan fingerprint density at radius 1 is 0.882 bits per heavy atom. The Labute approximate surface area is 105 Å². The maximum atomic E-state index is 2.85. The molecule has 95 valence electrons. The molecule has 2 bridgehead atoms. The molecule has 0 saturated carbocycles. The largest absolute Gasteiger partial charge is 0.300 e. The van der Waals surface area contributed by atoms with Crippen molar-refractivity contribution in [2.45, 2.75) is 50.6 Å². The summed E-state index contributed by atoms with van der Waals surface area (Å²) in [5, 5.41) is 0. The van der Waals surface area contributed by atoms with Crippen molar-refractivity contribution in [1.82, 2.24) is 9.80 Å². The topological polar surface area (TPSA) is 6.48 Å². The smallest absolute Gasteiger partial charge is 0.0167 e. The summed E-state index contributed by atoms with van der Waals surface area (Å²) in [6, 6.07) is 1.78. The zero-order chi connectivity index (χ0) is 11.2. The highest BCUT2D eigenvalue weighted by molar-refractivity contribution is 5.05. The summed E-state index contributed by atoms with van der Waals surface area (Å²) in [4.78, 5) is 5.66. The minimum atomic E-state index is 0.836. The van der Waals surface area contributed by atoms with E-state index < -0.39 is 0 Å². The van der Waals surface area contributed by atoms with E-state index in [2.05, 4.69) is 16.2 Å². The van der Waals surface area contributed by atoms with Crippen LogP contribution in [0.3, 0.4) is 0 Å². The minimum Gasteiger partial charge on any atom is -0.300 e. The van der Waals surface area contributed by atoms with Crippen molar-refractivity contribution in [3.8, 4) is 0 Å². The van der Waals surface area contributed by atoms with Gasteiger partial charge >= 0.3 is 0 Å². The van der Waals surface area contributed by atoms with Crippen molar-refractivity contribution in [2.75, 3.05) is 26.2 Å². The third-order valence-corrected chi connectivity index (χ3v) is 5.71. The standard InChI is InChI=1S/C15H25N2/c1-3-7-16-11-13-9-12(14(16)5-1)10-17-8-4-2-6-15(13)17/h5,12-15H,1-4,6-11H2/t12-,13-,14-,15+/m0/s1. The van der Waals surface area contributed by atoms with Crippen LogP contribution in [0.5, 0.6) is 0 Å². The maximum absolute atomic E-state index is 2.85. The van der Waals surface area contributed by atoms with Gasteiger partial charge < -0.3 is 0 Å². The van der Waals surface area contributed by atoms with Gasteiger partial charge in [0.2, 0.25) is 0 Å². The molecular weight excluding hydrogens is 208 g/mol. The van der Waals surface area contributed by atoms with E-state index in [0.717, 1.165) is 23.9 Å². The Balaban J connectivity index is 1.56. The van der Waals surface area contributed by atoms with E-state index in [1.54, 1.807) is 0 Å². The minimum absolute atomic E-state index is 0.836. The number of fused-ring (bicyclic) bond motifs is 6. The van der Waals surface area contributed by atoms with Crippen molar-refractivity contribution in [1.29, 1.82) is 0 Å². The van der Waals surface area contributed by atoms with Gasteiger partial charge in [0.15, 0.2) is 0 Å². The summed E-state index contributed by atoms with van der Waals surface area (Å²) in [6.07, 6.45) is 11.4. The lowest BCUT2D eigenvalue weighted by Gasteiger charge is -2.57. The third kappa shape index (κ3) is 1.76. The normalized spacial score (nSPS) is 47.3. The number of nitrogens with zero attached hydrogens (tertiary/aromatic N) is 2. The molecule has 4 atom stereocenters. The molecular formula is C15H25N2. The van der Waals surface area contributed by atoms with Gasteiger partial charge in [-0.25, -0.2) is 0 Å². The summed E-state index contributed by atoms with van der Waals surface area (Å²) in [7, 11) is 0. The molecule has 0 aromatic carbocycles. The number of hydrogen-bond acceptors (Lipinski definition) is 2. The SMILES string of the molecule is [CH]1CCCN2C[C@@H]3C[C@@H](CN4CCCC[C@H]34)[C@H]12. The second-order valence-electron chi connectivity index (χ2n) is 6.68. The van der Waals surface area contributed by atoms with E-state index in [1.807, 2.05) is 0 Å². The van der Waals surface area contributed by atoms with E-state index in [-0.39, 0.29) is 0 Å². The van der Waals surface area contributed by atoms with E-state index >= 15 is 0 Å². The zero-order valence-electron chi connectivity index (χ0n) is 10.9. The Kier molecular flexibility index (Phi) is 2.69. The average molecular weight is 233 g/mol. The zero-order valence-corrected chi connectivity index (χ0v) is 10.9. The summed E-state index contributed by atoms with van der Waals surface area (Å²) in [5.74, 6) is 1.96.